The van der Waals surface area contributed by atoms with Crippen molar-refractivity contribution in [3.63, 3.8) is 0 Å². The zero-order chi connectivity index (χ0) is 26.0. The Hall–Kier alpha value is -3.95. The van der Waals surface area contributed by atoms with Gasteiger partial charge in [-0.15, -0.1) is 0 Å². The number of carbonyl (C=O) groups excluding carboxylic acids is 3. The molecule has 188 valence electrons. The number of aliphatic carboxylic acids is 2. The van der Waals surface area contributed by atoms with Crippen molar-refractivity contribution in [1.82, 2.24) is 10.6 Å². The van der Waals surface area contributed by atoms with E-state index in [1.807, 2.05) is 44.2 Å². The topological polar surface area (TPSA) is 159 Å². The van der Waals surface area contributed by atoms with Crippen molar-refractivity contribution in [3.8, 4) is 5.75 Å². The van der Waals surface area contributed by atoms with Gasteiger partial charge in [0.15, 0.2) is 6.10 Å². The number of aldehydes is 1. The van der Waals surface area contributed by atoms with E-state index in [4.69, 9.17) is 14.9 Å². The minimum absolute atomic E-state index is 0.0309. The van der Waals surface area contributed by atoms with Crippen molar-refractivity contribution >= 4 is 40.8 Å². The molecular formula is C25H30N2O8. The van der Waals surface area contributed by atoms with Crippen LogP contribution in [0.3, 0.4) is 0 Å². The van der Waals surface area contributed by atoms with Gasteiger partial charge in [-0.05, 0) is 23.8 Å². The first kappa shape index (κ1) is 27.3. The zero-order valence-electron chi connectivity index (χ0n) is 19.6. The fourth-order valence-corrected chi connectivity index (χ4v) is 3.52. The van der Waals surface area contributed by atoms with Gasteiger partial charge in [-0.25, -0.2) is 0 Å². The molecular weight excluding hydrogens is 456 g/mol. The van der Waals surface area contributed by atoms with Crippen molar-refractivity contribution in [3.05, 3.63) is 42.5 Å². The summed E-state index contributed by atoms with van der Waals surface area (Å²) in [7, 11) is 0. The minimum atomic E-state index is -1.26. The third kappa shape index (κ3) is 8.73. The van der Waals surface area contributed by atoms with Crippen LogP contribution in [0.2, 0.25) is 0 Å². The molecule has 10 heteroatoms. The van der Waals surface area contributed by atoms with Crippen molar-refractivity contribution < 1.29 is 38.9 Å². The van der Waals surface area contributed by atoms with Gasteiger partial charge >= 0.3 is 11.9 Å². The summed E-state index contributed by atoms with van der Waals surface area (Å²) in [6.45, 7) is 3.66. The fraction of sp³-hybridized carbons (Fsp3) is 0.400. The highest BCUT2D eigenvalue weighted by atomic mass is 16.5. The van der Waals surface area contributed by atoms with Gasteiger partial charge in [-0.2, -0.15) is 0 Å². The van der Waals surface area contributed by atoms with Gasteiger partial charge in [0, 0.05) is 18.2 Å². The molecule has 0 aromatic heterocycles. The molecule has 4 N–H and O–H groups in total. The second kappa shape index (κ2) is 13.1. The van der Waals surface area contributed by atoms with Crippen molar-refractivity contribution in [2.75, 3.05) is 0 Å². The summed E-state index contributed by atoms with van der Waals surface area (Å²) >= 11 is 0. The standard InChI is InChI=1S/C25H30N2O8/c1-15(2)12-19(24(33)26-17(14-28)13-23(31)32)27-25(34)21(10-11-22(29)30)35-20-9-5-7-16-6-3-4-8-18(16)20/h3-9,14-15,17,19,21H,10-13H2,1-2H3,(H,26,33)(H,27,34)(H,29,30)(H,31,32). The number of nitrogens with one attached hydrogen (secondary N) is 2. The third-order valence-electron chi connectivity index (χ3n) is 5.16. The van der Waals surface area contributed by atoms with E-state index in [1.165, 1.54) is 0 Å². The Bertz CT molecular complexity index is 1060. The average Bonchev–Trinajstić information content (AvgIpc) is 2.80. The normalized spacial score (nSPS) is 13.5. The Morgan fingerprint density at radius 2 is 1.63 bits per heavy atom. The van der Waals surface area contributed by atoms with Crippen LogP contribution in [0.4, 0.5) is 0 Å². The van der Waals surface area contributed by atoms with E-state index in [1.54, 1.807) is 12.1 Å². The smallest absolute Gasteiger partial charge is 0.305 e. The SMILES string of the molecule is CC(C)CC(NC(=O)C(CCC(=O)O)Oc1cccc2ccccc12)C(=O)NC(C=O)CC(=O)O. The molecule has 2 aromatic rings. The first-order chi connectivity index (χ1) is 16.6. The average molecular weight is 487 g/mol. The first-order valence-electron chi connectivity index (χ1n) is 11.2. The molecule has 0 saturated heterocycles. The van der Waals surface area contributed by atoms with E-state index in [9.17, 15) is 24.0 Å². The number of benzene rings is 2. The fourth-order valence-electron chi connectivity index (χ4n) is 3.52. The van der Waals surface area contributed by atoms with Gasteiger partial charge < -0.3 is 30.4 Å². The number of carboxylic acid groups (broad SMARTS) is 2. The number of ether oxygens (including phenoxy) is 1. The molecule has 0 bridgehead atoms. The molecule has 0 aliphatic heterocycles. The summed E-state index contributed by atoms with van der Waals surface area (Å²) in [4.78, 5) is 59.2. The Kier molecular flexibility index (Phi) is 10.2. The number of rotatable bonds is 14. The van der Waals surface area contributed by atoms with Gasteiger partial charge in [0.25, 0.3) is 5.91 Å². The molecule has 10 nitrogen and oxygen atoms in total. The van der Waals surface area contributed by atoms with Crippen LogP contribution in [-0.2, 0) is 24.0 Å². The van der Waals surface area contributed by atoms with Crippen LogP contribution in [0.25, 0.3) is 10.8 Å². The maximum Gasteiger partial charge on any atom is 0.305 e. The minimum Gasteiger partial charge on any atom is -0.481 e. The number of fused-ring (bicyclic) bond motifs is 1. The number of carbonyl (C=O) groups is 5. The van der Waals surface area contributed by atoms with Crippen LogP contribution in [0, 0.1) is 5.92 Å². The lowest BCUT2D eigenvalue weighted by Crippen LogP contribution is -2.53. The maximum atomic E-state index is 13.2. The lowest BCUT2D eigenvalue weighted by Gasteiger charge is -2.25. The first-order valence-corrected chi connectivity index (χ1v) is 11.2. The highest BCUT2D eigenvalue weighted by Gasteiger charge is 2.29. The molecule has 0 heterocycles. The molecule has 3 atom stereocenters. The van der Waals surface area contributed by atoms with E-state index in [0.29, 0.717) is 12.0 Å². The second-order valence-electron chi connectivity index (χ2n) is 8.56. The van der Waals surface area contributed by atoms with Crippen LogP contribution in [0.1, 0.15) is 39.5 Å². The summed E-state index contributed by atoms with van der Waals surface area (Å²) in [6.07, 6.45) is -1.76. The number of hydrogen-bond donors (Lipinski definition) is 4. The summed E-state index contributed by atoms with van der Waals surface area (Å²) in [5, 5.41) is 24.6. The molecule has 0 saturated carbocycles. The lowest BCUT2D eigenvalue weighted by atomic mass is 10.0. The predicted molar refractivity (Wildman–Crippen MR) is 127 cm³/mol. The van der Waals surface area contributed by atoms with Crippen molar-refractivity contribution in [1.29, 1.82) is 0 Å². The van der Waals surface area contributed by atoms with E-state index < -0.39 is 48.4 Å². The zero-order valence-corrected chi connectivity index (χ0v) is 19.6. The quantitative estimate of drug-likeness (QED) is 0.296. The van der Waals surface area contributed by atoms with Gasteiger partial charge in [-0.1, -0.05) is 50.2 Å². The van der Waals surface area contributed by atoms with Crippen LogP contribution in [-0.4, -0.2) is 58.4 Å². The maximum absolute atomic E-state index is 13.2. The van der Waals surface area contributed by atoms with Crippen molar-refractivity contribution in [2.45, 2.75) is 57.7 Å². The highest BCUT2D eigenvalue weighted by Crippen LogP contribution is 2.27. The van der Waals surface area contributed by atoms with Crippen molar-refractivity contribution in [2.24, 2.45) is 5.92 Å². The highest BCUT2D eigenvalue weighted by molar-refractivity contribution is 5.92. The third-order valence-corrected chi connectivity index (χ3v) is 5.16. The molecule has 0 fully saturated rings. The molecule has 0 radical (unpaired) electrons. The van der Waals surface area contributed by atoms with Gasteiger partial charge in [0.1, 0.15) is 18.1 Å². The van der Waals surface area contributed by atoms with Crippen LogP contribution in [0.5, 0.6) is 5.75 Å². The van der Waals surface area contributed by atoms with Gasteiger partial charge in [0.05, 0.1) is 12.5 Å². The molecule has 0 spiro atoms. The number of amides is 2. The van der Waals surface area contributed by atoms with Crippen LogP contribution < -0.4 is 15.4 Å². The Labute approximate surface area is 202 Å². The molecule has 2 aromatic carbocycles. The summed E-state index contributed by atoms with van der Waals surface area (Å²) < 4.78 is 5.94. The molecule has 0 aliphatic carbocycles. The monoisotopic (exact) mass is 486 g/mol. The van der Waals surface area contributed by atoms with E-state index in [2.05, 4.69) is 10.6 Å². The lowest BCUT2D eigenvalue weighted by molar-refractivity contribution is -0.140. The summed E-state index contributed by atoms with van der Waals surface area (Å²) in [5.74, 6) is -3.42. The molecule has 2 rings (SSSR count). The van der Waals surface area contributed by atoms with E-state index >= 15 is 0 Å². The van der Waals surface area contributed by atoms with E-state index in [0.717, 1.165) is 10.8 Å². The summed E-state index contributed by atoms with van der Waals surface area (Å²) in [6, 6.07) is 10.3. The summed E-state index contributed by atoms with van der Waals surface area (Å²) in [5.41, 5.74) is 0. The Morgan fingerprint density at radius 3 is 2.26 bits per heavy atom. The van der Waals surface area contributed by atoms with Crippen LogP contribution in [0.15, 0.2) is 42.5 Å². The molecule has 35 heavy (non-hydrogen) atoms. The molecule has 2 amide bonds. The predicted octanol–water partition coefficient (Wildman–Crippen LogP) is 2.14. The number of hydrogen-bond acceptors (Lipinski definition) is 6. The van der Waals surface area contributed by atoms with Gasteiger partial charge in [0.2, 0.25) is 5.91 Å². The Morgan fingerprint density at radius 1 is 0.943 bits per heavy atom. The van der Waals surface area contributed by atoms with Crippen LogP contribution >= 0.6 is 0 Å². The second-order valence-corrected chi connectivity index (χ2v) is 8.56. The number of carboxylic acids is 2. The Balaban J connectivity index is 2.24. The van der Waals surface area contributed by atoms with Gasteiger partial charge in [-0.3, -0.25) is 19.2 Å². The largest absolute Gasteiger partial charge is 0.481 e. The molecule has 0 aliphatic rings. The van der Waals surface area contributed by atoms with E-state index in [-0.39, 0.29) is 25.2 Å². The molecule has 3 unspecified atom stereocenters.